The van der Waals surface area contributed by atoms with Crippen LogP contribution in [-0.2, 0) is 10.0 Å². The van der Waals surface area contributed by atoms with Crippen LogP contribution in [-0.4, -0.2) is 44.3 Å². The number of carbonyl (C=O) groups excluding carboxylic acids is 1. The molecule has 0 aliphatic heterocycles. The number of hydrogen-bond donors (Lipinski definition) is 2. The molecule has 2 aliphatic carbocycles. The van der Waals surface area contributed by atoms with Crippen LogP contribution in [0.3, 0.4) is 0 Å². The van der Waals surface area contributed by atoms with Crippen molar-refractivity contribution >= 4 is 15.9 Å². The molecule has 1 aromatic carbocycles. The standard InChI is InChI=1S/C20H31N3O3S/c1-23(17-7-3-2-4-8-17)27(25,26)18-12-10-15(11-13-18)20(24)22-19-9-5-6-16(19)14-21/h10-13,16-17,19H,2-9,14,21H2,1H3,(H,22,24). The molecular formula is C20H31N3O3S. The quantitative estimate of drug-likeness (QED) is 0.777. The molecular weight excluding hydrogens is 362 g/mol. The van der Waals surface area contributed by atoms with E-state index in [2.05, 4.69) is 5.32 Å². The van der Waals surface area contributed by atoms with Crippen molar-refractivity contribution < 1.29 is 13.2 Å². The molecule has 0 heterocycles. The van der Waals surface area contributed by atoms with Crippen LogP contribution in [0.1, 0.15) is 61.7 Å². The molecule has 27 heavy (non-hydrogen) atoms. The molecule has 150 valence electrons. The molecule has 2 fully saturated rings. The van der Waals surface area contributed by atoms with E-state index in [-0.39, 0.29) is 22.9 Å². The number of hydrogen-bond acceptors (Lipinski definition) is 4. The largest absolute Gasteiger partial charge is 0.349 e. The molecule has 7 heteroatoms. The van der Waals surface area contributed by atoms with E-state index >= 15 is 0 Å². The van der Waals surface area contributed by atoms with Crippen LogP contribution in [0.15, 0.2) is 29.2 Å². The zero-order valence-electron chi connectivity index (χ0n) is 16.1. The third kappa shape index (κ3) is 4.52. The predicted molar refractivity (Wildman–Crippen MR) is 106 cm³/mol. The van der Waals surface area contributed by atoms with Gasteiger partial charge in [0.1, 0.15) is 0 Å². The third-order valence-electron chi connectivity index (χ3n) is 6.16. The minimum atomic E-state index is -3.53. The molecule has 6 nitrogen and oxygen atoms in total. The van der Waals surface area contributed by atoms with Crippen molar-refractivity contribution in [3.63, 3.8) is 0 Å². The summed E-state index contributed by atoms with van der Waals surface area (Å²) in [5, 5.41) is 3.05. The first kappa shape index (κ1) is 20.3. The first-order valence-electron chi connectivity index (χ1n) is 10.0. The van der Waals surface area contributed by atoms with Crippen LogP contribution in [0, 0.1) is 5.92 Å². The van der Waals surface area contributed by atoms with E-state index in [1.54, 1.807) is 31.3 Å². The van der Waals surface area contributed by atoms with Gasteiger partial charge >= 0.3 is 0 Å². The second kappa shape index (κ2) is 8.71. The Morgan fingerprint density at radius 2 is 1.74 bits per heavy atom. The van der Waals surface area contributed by atoms with Crippen molar-refractivity contribution in [2.24, 2.45) is 11.7 Å². The summed E-state index contributed by atoms with van der Waals surface area (Å²) in [7, 11) is -1.87. The van der Waals surface area contributed by atoms with Crippen LogP contribution >= 0.6 is 0 Å². The van der Waals surface area contributed by atoms with Crippen LogP contribution in [0.5, 0.6) is 0 Å². The third-order valence-corrected chi connectivity index (χ3v) is 8.09. The molecule has 3 N–H and O–H groups in total. The lowest BCUT2D eigenvalue weighted by molar-refractivity contribution is 0.0928. The van der Waals surface area contributed by atoms with Crippen LogP contribution in [0.4, 0.5) is 0 Å². The second-order valence-electron chi connectivity index (χ2n) is 7.84. The Balaban J connectivity index is 1.67. The van der Waals surface area contributed by atoms with E-state index in [9.17, 15) is 13.2 Å². The van der Waals surface area contributed by atoms with Crippen LogP contribution in [0.2, 0.25) is 0 Å². The number of benzene rings is 1. The van der Waals surface area contributed by atoms with Crippen LogP contribution < -0.4 is 11.1 Å². The summed E-state index contributed by atoms with van der Waals surface area (Å²) in [5.74, 6) is 0.169. The molecule has 0 spiro atoms. The summed E-state index contributed by atoms with van der Waals surface area (Å²) in [5.41, 5.74) is 6.26. The Bertz CT molecular complexity index is 742. The summed E-state index contributed by atoms with van der Waals surface area (Å²) >= 11 is 0. The molecule has 2 aliphatic rings. The first-order valence-corrected chi connectivity index (χ1v) is 11.5. The number of rotatable bonds is 6. The molecule has 0 saturated heterocycles. The fourth-order valence-corrected chi connectivity index (χ4v) is 5.76. The molecule has 1 aromatic rings. The van der Waals surface area contributed by atoms with Gasteiger partial charge in [-0.05, 0) is 62.4 Å². The van der Waals surface area contributed by atoms with Crippen molar-refractivity contribution in [2.75, 3.05) is 13.6 Å². The fourth-order valence-electron chi connectivity index (χ4n) is 4.35. The summed E-state index contributed by atoms with van der Waals surface area (Å²) in [6.07, 6.45) is 8.25. The summed E-state index contributed by atoms with van der Waals surface area (Å²) in [6.45, 7) is 0.579. The Kier molecular flexibility index (Phi) is 6.55. The minimum absolute atomic E-state index is 0.0716. The average molecular weight is 394 g/mol. The van der Waals surface area contributed by atoms with E-state index in [0.29, 0.717) is 18.0 Å². The van der Waals surface area contributed by atoms with Crippen molar-refractivity contribution in [2.45, 2.75) is 68.3 Å². The highest BCUT2D eigenvalue weighted by atomic mass is 32.2. The lowest BCUT2D eigenvalue weighted by atomic mass is 9.96. The van der Waals surface area contributed by atoms with E-state index in [1.807, 2.05) is 0 Å². The van der Waals surface area contributed by atoms with Gasteiger partial charge < -0.3 is 11.1 Å². The van der Waals surface area contributed by atoms with Gasteiger partial charge in [-0.1, -0.05) is 25.7 Å². The minimum Gasteiger partial charge on any atom is -0.349 e. The van der Waals surface area contributed by atoms with E-state index in [4.69, 9.17) is 5.73 Å². The maximum absolute atomic E-state index is 12.9. The maximum Gasteiger partial charge on any atom is 0.251 e. The Morgan fingerprint density at radius 1 is 1.07 bits per heavy atom. The van der Waals surface area contributed by atoms with Gasteiger partial charge in [0.05, 0.1) is 4.90 Å². The highest BCUT2D eigenvalue weighted by Crippen LogP contribution is 2.27. The van der Waals surface area contributed by atoms with Crippen molar-refractivity contribution in [1.82, 2.24) is 9.62 Å². The van der Waals surface area contributed by atoms with Gasteiger partial charge in [0, 0.05) is 24.7 Å². The Morgan fingerprint density at radius 3 is 2.37 bits per heavy atom. The molecule has 1 amide bonds. The zero-order chi connectivity index (χ0) is 19.4. The van der Waals surface area contributed by atoms with Gasteiger partial charge in [-0.15, -0.1) is 0 Å². The number of nitrogens with two attached hydrogens (primary N) is 1. The van der Waals surface area contributed by atoms with E-state index in [0.717, 1.165) is 44.9 Å². The molecule has 2 unspecified atom stereocenters. The summed E-state index contributed by atoms with van der Waals surface area (Å²) in [4.78, 5) is 12.7. The number of amides is 1. The molecule has 2 saturated carbocycles. The van der Waals surface area contributed by atoms with Gasteiger partial charge in [0.2, 0.25) is 10.0 Å². The molecule has 3 rings (SSSR count). The van der Waals surface area contributed by atoms with Gasteiger partial charge in [0.25, 0.3) is 5.91 Å². The number of nitrogens with one attached hydrogen (secondary N) is 1. The highest BCUT2D eigenvalue weighted by molar-refractivity contribution is 7.89. The van der Waals surface area contributed by atoms with Crippen molar-refractivity contribution in [1.29, 1.82) is 0 Å². The van der Waals surface area contributed by atoms with Gasteiger partial charge in [-0.3, -0.25) is 4.79 Å². The van der Waals surface area contributed by atoms with Crippen LogP contribution in [0.25, 0.3) is 0 Å². The van der Waals surface area contributed by atoms with Gasteiger partial charge in [-0.2, -0.15) is 4.31 Å². The second-order valence-corrected chi connectivity index (χ2v) is 9.84. The lowest BCUT2D eigenvalue weighted by Crippen LogP contribution is -2.40. The molecule has 2 atom stereocenters. The SMILES string of the molecule is CN(C1CCCCC1)S(=O)(=O)c1ccc(C(=O)NC2CCCC2CN)cc1. The average Bonchev–Trinajstić information content (AvgIpc) is 3.15. The number of carbonyl (C=O) groups is 1. The predicted octanol–water partition coefficient (Wildman–Crippen LogP) is 2.50. The van der Waals surface area contributed by atoms with Gasteiger partial charge in [0.15, 0.2) is 0 Å². The molecule has 0 radical (unpaired) electrons. The first-order chi connectivity index (χ1) is 12.9. The lowest BCUT2D eigenvalue weighted by Gasteiger charge is -2.30. The van der Waals surface area contributed by atoms with Crippen molar-refractivity contribution in [3.8, 4) is 0 Å². The smallest absolute Gasteiger partial charge is 0.251 e. The topological polar surface area (TPSA) is 92.5 Å². The maximum atomic E-state index is 12.9. The summed E-state index contributed by atoms with van der Waals surface area (Å²) in [6, 6.07) is 6.47. The Hall–Kier alpha value is -1.44. The highest BCUT2D eigenvalue weighted by Gasteiger charge is 2.30. The normalized spacial score (nSPS) is 24.3. The van der Waals surface area contributed by atoms with E-state index < -0.39 is 10.0 Å². The number of nitrogens with zero attached hydrogens (tertiary/aromatic N) is 1. The summed E-state index contributed by atoms with van der Waals surface area (Å²) < 4.78 is 27.3. The van der Waals surface area contributed by atoms with Gasteiger partial charge in [-0.25, -0.2) is 8.42 Å². The number of sulfonamides is 1. The molecule has 0 bridgehead atoms. The van der Waals surface area contributed by atoms with E-state index in [1.165, 1.54) is 10.7 Å². The fraction of sp³-hybridized carbons (Fsp3) is 0.650. The molecule has 0 aromatic heterocycles. The monoisotopic (exact) mass is 393 g/mol. The van der Waals surface area contributed by atoms with Crippen molar-refractivity contribution in [3.05, 3.63) is 29.8 Å². The zero-order valence-corrected chi connectivity index (χ0v) is 16.9. The Labute approximate surface area is 162 Å².